The van der Waals surface area contributed by atoms with Crippen LogP contribution in [0, 0.1) is 0 Å². The zero-order valence-electron chi connectivity index (χ0n) is 9.60. The van der Waals surface area contributed by atoms with Crippen LogP contribution in [-0.2, 0) is 6.54 Å². The van der Waals surface area contributed by atoms with Crippen molar-refractivity contribution < 1.29 is 0 Å². The fourth-order valence-corrected chi connectivity index (χ4v) is 2.60. The van der Waals surface area contributed by atoms with E-state index in [0.717, 1.165) is 29.0 Å². The second-order valence-electron chi connectivity index (χ2n) is 3.78. The van der Waals surface area contributed by atoms with Gasteiger partial charge in [0.25, 0.3) is 5.56 Å². The zero-order chi connectivity index (χ0) is 12.3. The molecule has 2 aromatic rings. The van der Waals surface area contributed by atoms with E-state index in [1.165, 1.54) is 4.57 Å². The summed E-state index contributed by atoms with van der Waals surface area (Å²) in [5.41, 5.74) is -0.180. The third kappa shape index (κ3) is 2.45. The molecule has 0 aliphatic heterocycles. The lowest BCUT2D eigenvalue weighted by Crippen LogP contribution is -2.31. The van der Waals surface area contributed by atoms with Gasteiger partial charge in [-0.2, -0.15) is 0 Å². The Morgan fingerprint density at radius 1 is 1.29 bits per heavy atom. The molecule has 0 atom stereocenters. The largest absolute Gasteiger partial charge is 0.320 e. The molecule has 0 unspecified atom stereocenters. The van der Waals surface area contributed by atoms with Crippen LogP contribution in [0.25, 0.3) is 10.1 Å². The molecule has 5 heteroatoms. The molecule has 0 saturated heterocycles. The lowest BCUT2D eigenvalue weighted by molar-refractivity contribution is 0.594. The molecule has 0 bridgehead atoms. The van der Waals surface area contributed by atoms with E-state index in [4.69, 9.17) is 0 Å². The maximum absolute atomic E-state index is 12.1. The average molecular weight is 250 g/mol. The third-order valence-electron chi connectivity index (χ3n) is 2.59. The van der Waals surface area contributed by atoms with Gasteiger partial charge < -0.3 is 5.32 Å². The molecular weight excluding hydrogens is 236 g/mol. The summed E-state index contributed by atoms with van der Waals surface area (Å²) in [6, 6.07) is 7.23. The van der Waals surface area contributed by atoms with Gasteiger partial charge in [0.1, 0.15) is 0 Å². The Kier molecular flexibility index (Phi) is 3.71. The molecule has 0 saturated carbocycles. The quantitative estimate of drug-likeness (QED) is 0.825. The molecule has 0 aliphatic rings. The SMILES string of the molecule is CNCCCn1c(=O)sc2ccccc2c1=O. The Bertz CT molecular complexity index is 630. The van der Waals surface area contributed by atoms with Crippen LogP contribution in [0.15, 0.2) is 33.9 Å². The summed E-state index contributed by atoms with van der Waals surface area (Å²) in [6.07, 6.45) is 0.775. The lowest BCUT2D eigenvalue weighted by atomic mass is 10.3. The summed E-state index contributed by atoms with van der Waals surface area (Å²) in [5, 5.41) is 3.63. The van der Waals surface area contributed by atoms with Crippen molar-refractivity contribution in [3.05, 3.63) is 44.3 Å². The predicted octanol–water partition coefficient (Wildman–Crippen LogP) is 1.03. The number of hydrogen-bond acceptors (Lipinski definition) is 4. The summed E-state index contributed by atoms with van der Waals surface area (Å²) < 4.78 is 2.08. The lowest BCUT2D eigenvalue weighted by Gasteiger charge is -2.04. The first kappa shape index (κ1) is 12.0. The highest BCUT2D eigenvalue weighted by Crippen LogP contribution is 2.10. The minimum Gasteiger partial charge on any atom is -0.320 e. The van der Waals surface area contributed by atoms with Crippen LogP contribution in [-0.4, -0.2) is 18.2 Å². The molecule has 0 aliphatic carbocycles. The Hall–Kier alpha value is -1.46. The molecule has 17 heavy (non-hydrogen) atoms. The van der Waals surface area contributed by atoms with Crippen LogP contribution in [0.5, 0.6) is 0 Å². The maximum atomic E-state index is 12.1. The molecule has 1 aromatic heterocycles. The van der Waals surface area contributed by atoms with Gasteiger partial charge in [-0.25, -0.2) is 0 Å². The first-order chi connectivity index (χ1) is 8.24. The van der Waals surface area contributed by atoms with Crippen molar-refractivity contribution in [2.45, 2.75) is 13.0 Å². The Labute approximate surface area is 103 Å². The predicted molar refractivity (Wildman–Crippen MR) is 70.9 cm³/mol. The van der Waals surface area contributed by atoms with Gasteiger partial charge in [0.2, 0.25) is 0 Å². The molecule has 4 nitrogen and oxygen atoms in total. The maximum Gasteiger partial charge on any atom is 0.310 e. The van der Waals surface area contributed by atoms with E-state index in [2.05, 4.69) is 5.32 Å². The van der Waals surface area contributed by atoms with Gasteiger partial charge >= 0.3 is 4.87 Å². The highest BCUT2D eigenvalue weighted by atomic mass is 32.1. The first-order valence-electron chi connectivity index (χ1n) is 5.51. The Morgan fingerprint density at radius 3 is 2.82 bits per heavy atom. The topological polar surface area (TPSA) is 51.1 Å². The van der Waals surface area contributed by atoms with E-state index in [9.17, 15) is 9.59 Å². The van der Waals surface area contributed by atoms with Crippen molar-refractivity contribution in [1.29, 1.82) is 0 Å². The second kappa shape index (κ2) is 5.25. The van der Waals surface area contributed by atoms with Crippen LogP contribution >= 0.6 is 11.3 Å². The smallest absolute Gasteiger partial charge is 0.310 e. The van der Waals surface area contributed by atoms with E-state index in [-0.39, 0.29) is 10.4 Å². The van der Waals surface area contributed by atoms with Crippen molar-refractivity contribution >= 4 is 21.4 Å². The number of benzene rings is 1. The summed E-state index contributed by atoms with van der Waals surface area (Å²) >= 11 is 1.13. The van der Waals surface area contributed by atoms with Crippen LogP contribution in [0.3, 0.4) is 0 Å². The van der Waals surface area contributed by atoms with Crippen molar-refractivity contribution in [1.82, 2.24) is 9.88 Å². The molecule has 2 rings (SSSR count). The molecule has 1 heterocycles. The highest BCUT2D eigenvalue weighted by molar-refractivity contribution is 7.16. The molecule has 0 spiro atoms. The van der Waals surface area contributed by atoms with E-state index < -0.39 is 0 Å². The second-order valence-corrected chi connectivity index (χ2v) is 4.77. The van der Waals surface area contributed by atoms with E-state index in [0.29, 0.717) is 11.9 Å². The van der Waals surface area contributed by atoms with Crippen molar-refractivity contribution in [2.24, 2.45) is 0 Å². The third-order valence-corrected chi connectivity index (χ3v) is 3.56. The first-order valence-corrected chi connectivity index (χ1v) is 6.33. The van der Waals surface area contributed by atoms with Crippen molar-refractivity contribution in [2.75, 3.05) is 13.6 Å². The van der Waals surface area contributed by atoms with Gasteiger partial charge in [-0.3, -0.25) is 14.2 Å². The number of hydrogen-bond donors (Lipinski definition) is 1. The fourth-order valence-electron chi connectivity index (χ4n) is 1.72. The Balaban J connectivity index is 2.49. The van der Waals surface area contributed by atoms with Gasteiger partial charge in [0.15, 0.2) is 0 Å². The molecule has 0 amide bonds. The number of aromatic nitrogens is 1. The number of rotatable bonds is 4. The molecular formula is C12H14N2O2S. The minimum absolute atomic E-state index is 0.176. The monoisotopic (exact) mass is 250 g/mol. The molecule has 0 radical (unpaired) electrons. The standard InChI is InChI=1S/C12H14N2O2S/c1-13-7-4-8-14-11(15)9-5-2-3-6-10(9)17-12(14)16/h2-3,5-6,13H,4,7-8H2,1H3. The summed E-state index contributed by atoms with van der Waals surface area (Å²) in [6.45, 7) is 1.27. The Morgan fingerprint density at radius 2 is 2.06 bits per heavy atom. The minimum atomic E-state index is -0.180. The highest BCUT2D eigenvalue weighted by Gasteiger charge is 2.06. The molecule has 90 valence electrons. The summed E-state index contributed by atoms with van der Waals surface area (Å²) in [7, 11) is 1.85. The summed E-state index contributed by atoms with van der Waals surface area (Å²) in [5.74, 6) is 0. The number of fused-ring (bicyclic) bond motifs is 1. The number of nitrogens with one attached hydrogen (secondary N) is 1. The fraction of sp³-hybridized carbons (Fsp3) is 0.333. The van der Waals surface area contributed by atoms with Crippen molar-refractivity contribution in [3.8, 4) is 0 Å². The van der Waals surface area contributed by atoms with Gasteiger partial charge in [0.05, 0.1) is 5.39 Å². The summed E-state index contributed by atoms with van der Waals surface area (Å²) in [4.78, 5) is 23.7. The van der Waals surface area contributed by atoms with E-state index in [1.807, 2.05) is 19.2 Å². The number of nitrogens with zero attached hydrogens (tertiary/aromatic N) is 1. The van der Waals surface area contributed by atoms with Crippen LogP contribution in [0.1, 0.15) is 6.42 Å². The van der Waals surface area contributed by atoms with Crippen LogP contribution in [0.2, 0.25) is 0 Å². The van der Waals surface area contributed by atoms with Gasteiger partial charge in [-0.15, -0.1) is 0 Å². The average Bonchev–Trinajstić information content (AvgIpc) is 2.33. The normalized spacial score (nSPS) is 10.9. The van der Waals surface area contributed by atoms with Crippen LogP contribution in [0.4, 0.5) is 0 Å². The van der Waals surface area contributed by atoms with Gasteiger partial charge in [-0.1, -0.05) is 23.5 Å². The van der Waals surface area contributed by atoms with Crippen LogP contribution < -0.4 is 15.7 Å². The zero-order valence-corrected chi connectivity index (χ0v) is 10.4. The van der Waals surface area contributed by atoms with E-state index >= 15 is 0 Å². The molecule has 0 fully saturated rings. The van der Waals surface area contributed by atoms with Gasteiger partial charge in [0, 0.05) is 11.2 Å². The van der Waals surface area contributed by atoms with E-state index in [1.54, 1.807) is 12.1 Å². The molecule has 1 N–H and O–H groups in total. The molecule has 1 aromatic carbocycles. The van der Waals surface area contributed by atoms with Gasteiger partial charge in [-0.05, 0) is 32.1 Å². The van der Waals surface area contributed by atoms with Crippen molar-refractivity contribution in [3.63, 3.8) is 0 Å².